The first-order chi connectivity index (χ1) is 11.9. The van der Waals surface area contributed by atoms with Crippen LogP contribution in [0.3, 0.4) is 0 Å². The molecular weight excluding hydrogens is 355 g/mol. The van der Waals surface area contributed by atoms with Gasteiger partial charge in [-0.25, -0.2) is 13.2 Å². The predicted molar refractivity (Wildman–Crippen MR) is 87.1 cm³/mol. The summed E-state index contributed by atoms with van der Waals surface area (Å²) in [5, 5.41) is 6.78. The van der Waals surface area contributed by atoms with E-state index >= 15 is 0 Å². The van der Waals surface area contributed by atoms with Gasteiger partial charge in [0.05, 0.1) is 18.4 Å². The Labute approximate surface area is 145 Å². The number of nitrogens with zero attached hydrogens (tertiary/aromatic N) is 2. The van der Waals surface area contributed by atoms with Gasteiger partial charge in [-0.05, 0) is 30.3 Å². The molecule has 25 heavy (non-hydrogen) atoms. The number of anilines is 1. The highest BCUT2D eigenvalue weighted by molar-refractivity contribution is 6.31. The van der Waals surface area contributed by atoms with E-state index in [1.165, 1.54) is 29.2 Å². The van der Waals surface area contributed by atoms with Crippen LogP contribution in [-0.4, -0.2) is 15.7 Å². The summed E-state index contributed by atoms with van der Waals surface area (Å²) >= 11 is 5.96. The average Bonchev–Trinajstić information content (AvgIpc) is 3.01. The molecule has 1 aromatic heterocycles. The van der Waals surface area contributed by atoms with Crippen molar-refractivity contribution in [3.63, 3.8) is 0 Å². The topological polar surface area (TPSA) is 46.9 Å². The lowest BCUT2D eigenvalue weighted by atomic mass is 10.2. The largest absolute Gasteiger partial charge is 0.319 e. The van der Waals surface area contributed by atoms with Gasteiger partial charge < -0.3 is 5.32 Å². The molecule has 0 aliphatic heterocycles. The SMILES string of the molecule is O=C(Nc1cnn(Cc2c(F)cccc2Cl)c1)c1ccc(F)c(F)c1. The van der Waals surface area contributed by atoms with Gasteiger partial charge in [0, 0.05) is 22.3 Å². The molecule has 0 radical (unpaired) electrons. The number of halogens is 4. The van der Waals surface area contributed by atoms with E-state index in [4.69, 9.17) is 11.6 Å². The van der Waals surface area contributed by atoms with Crippen molar-refractivity contribution >= 4 is 23.2 Å². The van der Waals surface area contributed by atoms with Crippen LogP contribution in [0.15, 0.2) is 48.8 Å². The number of carbonyl (C=O) groups excluding carboxylic acids is 1. The number of aromatic nitrogens is 2. The summed E-state index contributed by atoms with van der Waals surface area (Å²) < 4.78 is 41.3. The number of benzene rings is 2. The Balaban J connectivity index is 1.73. The number of hydrogen-bond acceptors (Lipinski definition) is 2. The summed E-state index contributed by atoms with van der Waals surface area (Å²) in [6.45, 7) is 0.0759. The van der Waals surface area contributed by atoms with E-state index in [9.17, 15) is 18.0 Å². The Bertz CT molecular complexity index is 922. The molecule has 3 aromatic rings. The minimum atomic E-state index is -1.11. The Hall–Kier alpha value is -2.80. The quantitative estimate of drug-likeness (QED) is 0.751. The van der Waals surface area contributed by atoms with Crippen molar-refractivity contribution in [3.05, 3.63) is 82.4 Å². The van der Waals surface area contributed by atoms with Gasteiger partial charge in [-0.15, -0.1) is 0 Å². The Kier molecular flexibility index (Phi) is 4.76. The third-order valence-corrected chi connectivity index (χ3v) is 3.81. The van der Waals surface area contributed by atoms with Crippen molar-refractivity contribution in [2.75, 3.05) is 5.32 Å². The van der Waals surface area contributed by atoms with Crippen LogP contribution >= 0.6 is 11.6 Å². The van der Waals surface area contributed by atoms with Crippen LogP contribution in [0.2, 0.25) is 5.02 Å². The normalized spacial score (nSPS) is 10.7. The van der Waals surface area contributed by atoms with E-state index < -0.39 is 23.4 Å². The van der Waals surface area contributed by atoms with Crippen LogP contribution in [0.5, 0.6) is 0 Å². The number of carbonyl (C=O) groups is 1. The van der Waals surface area contributed by atoms with Crippen LogP contribution in [-0.2, 0) is 6.54 Å². The van der Waals surface area contributed by atoms with Crippen LogP contribution in [0.25, 0.3) is 0 Å². The lowest BCUT2D eigenvalue weighted by Gasteiger charge is -2.06. The number of amides is 1. The number of rotatable bonds is 4. The second kappa shape index (κ2) is 6.98. The second-order valence-corrected chi connectivity index (χ2v) is 5.62. The molecule has 8 heteroatoms. The van der Waals surface area contributed by atoms with E-state index in [0.717, 1.165) is 18.2 Å². The van der Waals surface area contributed by atoms with Crippen molar-refractivity contribution < 1.29 is 18.0 Å². The Morgan fingerprint density at radius 2 is 1.92 bits per heavy atom. The highest BCUT2D eigenvalue weighted by Crippen LogP contribution is 2.20. The van der Waals surface area contributed by atoms with Crippen molar-refractivity contribution in [3.8, 4) is 0 Å². The molecule has 2 aromatic carbocycles. The molecule has 128 valence electrons. The van der Waals surface area contributed by atoms with Crippen LogP contribution in [0.4, 0.5) is 18.9 Å². The van der Waals surface area contributed by atoms with Crippen LogP contribution in [0.1, 0.15) is 15.9 Å². The minimum Gasteiger partial charge on any atom is -0.319 e. The molecular formula is C17H11ClF3N3O. The standard InChI is InChI=1S/C17H11ClF3N3O/c18-13-2-1-3-14(19)12(13)9-24-8-11(7-22-24)23-17(25)10-4-5-15(20)16(21)6-10/h1-8H,9H2,(H,23,25). The minimum absolute atomic E-state index is 0.0381. The molecule has 0 fully saturated rings. The first kappa shape index (κ1) is 17.0. The maximum Gasteiger partial charge on any atom is 0.255 e. The van der Waals surface area contributed by atoms with E-state index in [-0.39, 0.29) is 22.7 Å². The molecule has 0 saturated carbocycles. The molecule has 1 N–H and O–H groups in total. The van der Waals surface area contributed by atoms with Gasteiger partial charge in [-0.1, -0.05) is 17.7 Å². The maximum atomic E-state index is 13.8. The first-order valence-electron chi connectivity index (χ1n) is 7.16. The van der Waals surface area contributed by atoms with Crippen LogP contribution in [0, 0.1) is 17.5 Å². The molecule has 0 atom stereocenters. The fourth-order valence-corrected chi connectivity index (χ4v) is 2.42. The molecule has 0 unspecified atom stereocenters. The molecule has 0 spiro atoms. The van der Waals surface area contributed by atoms with Crippen molar-refractivity contribution in [1.82, 2.24) is 9.78 Å². The third kappa shape index (κ3) is 3.83. The number of nitrogens with one attached hydrogen (secondary N) is 1. The Morgan fingerprint density at radius 3 is 2.64 bits per heavy atom. The van der Waals surface area contributed by atoms with Crippen molar-refractivity contribution in [1.29, 1.82) is 0 Å². The zero-order chi connectivity index (χ0) is 18.0. The predicted octanol–water partition coefficient (Wildman–Crippen LogP) is 4.25. The number of hydrogen-bond donors (Lipinski definition) is 1. The monoisotopic (exact) mass is 365 g/mol. The fraction of sp³-hybridized carbons (Fsp3) is 0.0588. The molecule has 1 amide bonds. The van der Waals surface area contributed by atoms with E-state index in [2.05, 4.69) is 10.4 Å². The van der Waals surface area contributed by atoms with Crippen molar-refractivity contribution in [2.45, 2.75) is 6.54 Å². The second-order valence-electron chi connectivity index (χ2n) is 5.21. The summed E-state index contributed by atoms with van der Waals surface area (Å²) in [7, 11) is 0. The molecule has 1 heterocycles. The average molecular weight is 366 g/mol. The van der Waals surface area contributed by atoms with Crippen molar-refractivity contribution in [2.24, 2.45) is 0 Å². The third-order valence-electron chi connectivity index (χ3n) is 3.45. The van der Waals surface area contributed by atoms with E-state index in [0.29, 0.717) is 5.69 Å². The molecule has 4 nitrogen and oxygen atoms in total. The zero-order valence-corrected chi connectivity index (χ0v) is 13.4. The van der Waals surface area contributed by atoms with Gasteiger partial charge in [0.25, 0.3) is 5.91 Å². The van der Waals surface area contributed by atoms with Gasteiger partial charge in [0.1, 0.15) is 5.82 Å². The summed E-state index contributed by atoms with van der Waals surface area (Å²) in [5.74, 6) is -3.23. The fourth-order valence-electron chi connectivity index (χ4n) is 2.20. The van der Waals surface area contributed by atoms with Gasteiger partial charge in [-0.2, -0.15) is 5.10 Å². The molecule has 0 aliphatic carbocycles. The summed E-state index contributed by atoms with van der Waals surface area (Å²) in [6, 6.07) is 7.18. The smallest absolute Gasteiger partial charge is 0.255 e. The van der Waals surface area contributed by atoms with Gasteiger partial charge >= 0.3 is 0 Å². The van der Waals surface area contributed by atoms with E-state index in [1.807, 2.05) is 0 Å². The molecule has 0 aliphatic rings. The van der Waals surface area contributed by atoms with E-state index in [1.54, 1.807) is 6.07 Å². The maximum absolute atomic E-state index is 13.8. The zero-order valence-electron chi connectivity index (χ0n) is 12.6. The lowest BCUT2D eigenvalue weighted by molar-refractivity contribution is 0.102. The highest BCUT2D eigenvalue weighted by Gasteiger charge is 2.12. The van der Waals surface area contributed by atoms with Gasteiger partial charge in [-0.3, -0.25) is 9.48 Å². The molecule has 3 rings (SSSR count). The molecule has 0 saturated heterocycles. The van der Waals surface area contributed by atoms with Gasteiger partial charge in [0.2, 0.25) is 0 Å². The summed E-state index contributed by atoms with van der Waals surface area (Å²) in [5.41, 5.74) is 0.553. The highest BCUT2D eigenvalue weighted by atomic mass is 35.5. The van der Waals surface area contributed by atoms with Crippen LogP contribution < -0.4 is 5.32 Å². The molecule has 0 bridgehead atoms. The van der Waals surface area contributed by atoms with Gasteiger partial charge in [0.15, 0.2) is 11.6 Å². The Morgan fingerprint density at radius 1 is 1.12 bits per heavy atom. The lowest BCUT2D eigenvalue weighted by Crippen LogP contribution is -2.12. The first-order valence-corrected chi connectivity index (χ1v) is 7.53. The summed E-state index contributed by atoms with van der Waals surface area (Å²) in [6.07, 6.45) is 2.83. The summed E-state index contributed by atoms with van der Waals surface area (Å²) in [4.78, 5) is 12.0.